The Morgan fingerprint density at radius 2 is 1.60 bits per heavy atom. The third kappa shape index (κ3) is 3.34. The van der Waals surface area contributed by atoms with Gasteiger partial charge in [0.15, 0.2) is 5.78 Å². The van der Waals surface area contributed by atoms with E-state index in [-0.39, 0.29) is 5.41 Å². The Hall–Kier alpha value is -2.11. The van der Waals surface area contributed by atoms with Crippen LogP contribution in [0.25, 0.3) is 0 Å². The van der Waals surface area contributed by atoms with Gasteiger partial charge in [-0.25, -0.2) is 0 Å². The molecule has 0 amide bonds. The molecule has 1 aliphatic carbocycles. The molecule has 0 spiro atoms. The maximum absolute atomic E-state index is 13.4. The first-order chi connectivity index (χ1) is 11.7. The predicted octanol–water partition coefficient (Wildman–Crippen LogP) is 2.59. The zero-order valence-corrected chi connectivity index (χ0v) is 15.6. The smallest absolute Gasteiger partial charge is 0.327 e. The van der Waals surface area contributed by atoms with Crippen LogP contribution in [-0.2, 0) is 34.8 Å². The van der Waals surface area contributed by atoms with Gasteiger partial charge in [-0.05, 0) is 25.0 Å². The summed E-state index contributed by atoms with van der Waals surface area (Å²) in [4.78, 5) is 37.7. The summed E-state index contributed by atoms with van der Waals surface area (Å²) in [5.41, 5.74) is -0.0962. The summed E-state index contributed by atoms with van der Waals surface area (Å²) in [7, 11) is 2.34. The maximum Gasteiger partial charge on any atom is 0.327 e. The summed E-state index contributed by atoms with van der Waals surface area (Å²) in [6.45, 7) is 6.22. The Morgan fingerprint density at radius 1 is 1.08 bits per heavy atom. The highest BCUT2D eigenvalue weighted by atomic mass is 16.5. The molecule has 0 aromatic carbocycles. The molecule has 0 saturated heterocycles. The summed E-state index contributed by atoms with van der Waals surface area (Å²) >= 11 is 0. The first-order valence-electron chi connectivity index (χ1n) is 8.57. The predicted molar refractivity (Wildman–Crippen MR) is 92.1 cm³/mol. The molecule has 1 aromatic heterocycles. The molecular formula is C19H27NO5. The number of ketones is 1. The molecule has 0 unspecified atom stereocenters. The molecule has 0 radical (unpaired) electrons. The Bertz CT molecular complexity index is 646. The summed E-state index contributed by atoms with van der Waals surface area (Å²) in [5, 5.41) is 0. The molecule has 1 aliphatic rings. The highest BCUT2D eigenvalue weighted by molar-refractivity contribution is 6.17. The highest BCUT2D eigenvalue weighted by Crippen LogP contribution is 2.42. The third-order valence-electron chi connectivity index (χ3n) is 5.00. The zero-order valence-electron chi connectivity index (χ0n) is 15.6. The van der Waals surface area contributed by atoms with E-state index in [1.165, 1.54) is 14.2 Å². The molecule has 0 N–H and O–H groups in total. The van der Waals surface area contributed by atoms with Crippen LogP contribution >= 0.6 is 0 Å². The largest absolute Gasteiger partial charge is 0.468 e. The van der Waals surface area contributed by atoms with Gasteiger partial charge >= 0.3 is 11.9 Å². The zero-order chi connectivity index (χ0) is 18.8. The molecule has 138 valence electrons. The Morgan fingerprint density at radius 3 is 2.04 bits per heavy atom. The van der Waals surface area contributed by atoms with Gasteiger partial charge in [-0.1, -0.05) is 33.6 Å². The number of hydrogen-bond acceptors (Lipinski definition) is 5. The number of nitrogens with zero attached hydrogens (tertiary/aromatic N) is 1. The van der Waals surface area contributed by atoms with Crippen LogP contribution in [0.3, 0.4) is 0 Å². The second-order valence-electron chi connectivity index (χ2n) is 7.60. The fraction of sp³-hybridized carbons (Fsp3) is 0.632. The second-order valence-corrected chi connectivity index (χ2v) is 7.60. The van der Waals surface area contributed by atoms with E-state index >= 15 is 0 Å². The minimum Gasteiger partial charge on any atom is -0.468 e. The maximum atomic E-state index is 13.4. The van der Waals surface area contributed by atoms with E-state index in [4.69, 9.17) is 9.47 Å². The normalized spacial score (nSPS) is 16.7. The number of Topliss-reactive ketones (excluding diaryl/α,β-unsaturated/α-hetero) is 1. The van der Waals surface area contributed by atoms with Crippen LogP contribution in [0.1, 0.15) is 52.1 Å². The van der Waals surface area contributed by atoms with Gasteiger partial charge in [-0.2, -0.15) is 0 Å². The average molecular weight is 349 g/mol. The van der Waals surface area contributed by atoms with E-state index in [9.17, 15) is 14.4 Å². The lowest BCUT2D eigenvalue weighted by Crippen LogP contribution is -2.49. The molecule has 1 saturated carbocycles. The minimum atomic E-state index is -1.55. The number of carbonyl (C=O) groups is 3. The van der Waals surface area contributed by atoms with Gasteiger partial charge in [0.1, 0.15) is 5.54 Å². The Labute approximate surface area is 148 Å². The molecule has 1 aromatic rings. The van der Waals surface area contributed by atoms with Crippen LogP contribution in [0.4, 0.5) is 0 Å². The third-order valence-corrected chi connectivity index (χ3v) is 5.00. The van der Waals surface area contributed by atoms with E-state index < -0.39 is 29.2 Å². The van der Waals surface area contributed by atoms with Crippen LogP contribution in [0.15, 0.2) is 18.3 Å². The lowest BCUT2D eigenvalue weighted by Gasteiger charge is -2.36. The van der Waals surface area contributed by atoms with E-state index in [0.717, 1.165) is 18.5 Å². The van der Waals surface area contributed by atoms with Crippen molar-refractivity contribution in [1.82, 2.24) is 4.57 Å². The first kappa shape index (κ1) is 19.2. The fourth-order valence-electron chi connectivity index (χ4n) is 3.75. The number of methoxy groups -OCH3 is 2. The number of hydrogen-bond donors (Lipinski definition) is 0. The topological polar surface area (TPSA) is 74.6 Å². The number of ether oxygens (including phenoxy) is 2. The summed E-state index contributed by atoms with van der Waals surface area (Å²) in [6, 6.07) is 3.89. The Balaban J connectivity index is 2.57. The molecule has 0 aliphatic heterocycles. The molecule has 1 fully saturated rings. The van der Waals surface area contributed by atoms with Crippen LogP contribution in [0.5, 0.6) is 0 Å². The van der Waals surface area contributed by atoms with Crippen molar-refractivity contribution < 1.29 is 23.9 Å². The van der Waals surface area contributed by atoms with Crippen LogP contribution in [0, 0.1) is 5.92 Å². The van der Waals surface area contributed by atoms with Crippen molar-refractivity contribution in [3.8, 4) is 0 Å². The van der Waals surface area contributed by atoms with E-state index in [1.807, 2.05) is 22.9 Å². The van der Waals surface area contributed by atoms with E-state index in [2.05, 4.69) is 20.8 Å². The quantitative estimate of drug-likeness (QED) is 0.603. The van der Waals surface area contributed by atoms with E-state index in [0.29, 0.717) is 12.8 Å². The number of rotatable bonds is 5. The van der Waals surface area contributed by atoms with Crippen LogP contribution < -0.4 is 0 Å². The fourth-order valence-corrected chi connectivity index (χ4v) is 3.75. The SMILES string of the molecule is COC(=O)C(C(=O)OC)C(=O)C1(n2cccc2C(C)(C)C)CCCC1. The lowest BCUT2D eigenvalue weighted by atomic mass is 9.82. The number of esters is 2. The van der Waals surface area contributed by atoms with E-state index in [1.54, 1.807) is 0 Å². The second kappa shape index (κ2) is 7.02. The summed E-state index contributed by atoms with van der Waals surface area (Å²) in [6.07, 6.45) is 4.78. The molecule has 0 atom stereocenters. The van der Waals surface area contributed by atoms with Crippen molar-refractivity contribution in [2.75, 3.05) is 14.2 Å². The molecule has 6 heteroatoms. The lowest BCUT2D eigenvalue weighted by molar-refractivity contribution is -0.163. The van der Waals surface area contributed by atoms with Gasteiger partial charge in [0.2, 0.25) is 5.92 Å². The Kier molecular flexibility index (Phi) is 5.40. The van der Waals surface area contributed by atoms with Crippen molar-refractivity contribution >= 4 is 17.7 Å². The molecule has 0 bridgehead atoms. The molecule has 2 rings (SSSR count). The van der Waals surface area contributed by atoms with Crippen LogP contribution in [0.2, 0.25) is 0 Å². The van der Waals surface area contributed by atoms with Crippen LogP contribution in [-0.4, -0.2) is 36.5 Å². The van der Waals surface area contributed by atoms with Crippen molar-refractivity contribution in [3.63, 3.8) is 0 Å². The molecular weight excluding hydrogens is 322 g/mol. The molecule has 25 heavy (non-hydrogen) atoms. The molecule has 1 heterocycles. The van der Waals surface area contributed by atoms with Gasteiger partial charge in [-0.15, -0.1) is 0 Å². The number of aromatic nitrogens is 1. The standard InChI is InChI=1S/C19H27NO5/c1-18(2,3)13-9-8-12-20(13)19(10-6-7-11-19)15(21)14(16(22)24-4)17(23)25-5/h8-9,12,14H,6-7,10-11H2,1-5H3. The van der Waals surface area contributed by atoms with Crippen molar-refractivity contribution in [2.45, 2.75) is 57.4 Å². The van der Waals surface area contributed by atoms with Gasteiger partial charge in [0.05, 0.1) is 14.2 Å². The van der Waals surface area contributed by atoms with Crippen molar-refractivity contribution in [1.29, 1.82) is 0 Å². The number of carbonyl (C=O) groups excluding carboxylic acids is 3. The average Bonchev–Trinajstić information content (AvgIpc) is 3.23. The van der Waals surface area contributed by atoms with Gasteiger partial charge < -0.3 is 14.0 Å². The molecule has 6 nitrogen and oxygen atoms in total. The highest BCUT2D eigenvalue weighted by Gasteiger charge is 2.52. The van der Waals surface area contributed by atoms with Crippen molar-refractivity contribution in [3.05, 3.63) is 24.0 Å². The van der Waals surface area contributed by atoms with Gasteiger partial charge in [-0.3, -0.25) is 14.4 Å². The monoisotopic (exact) mass is 349 g/mol. The first-order valence-corrected chi connectivity index (χ1v) is 8.57. The van der Waals surface area contributed by atoms with Gasteiger partial charge in [0, 0.05) is 17.3 Å². The van der Waals surface area contributed by atoms with Gasteiger partial charge in [0.25, 0.3) is 0 Å². The summed E-state index contributed by atoms with van der Waals surface area (Å²) < 4.78 is 11.4. The summed E-state index contributed by atoms with van der Waals surface area (Å²) in [5.74, 6) is -3.73. The van der Waals surface area contributed by atoms with Crippen molar-refractivity contribution in [2.24, 2.45) is 5.92 Å². The minimum absolute atomic E-state index is 0.175.